The number of methoxy groups -OCH3 is 1. The van der Waals surface area contributed by atoms with E-state index in [1.54, 1.807) is 12.1 Å². The van der Waals surface area contributed by atoms with Crippen LogP contribution in [0.25, 0.3) is 0 Å². The van der Waals surface area contributed by atoms with E-state index in [1.807, 2.05) is 6.92 Å². The number of carbonyl (C=O) groups is 1. The molecule has 0 bridgehead atoms. The third kappa shape index (κ3) is 4.78. The normalized spacial score (nSPS) is 29.3. The van der Waals surface area contributed by atoms with Crippen molar-refractivity contribution in [3.05, 3.63) is 29.8 Å². The maximum Gasteiger partial charge on any atom is 0.297 e. The average molecular weight is 389 g/mol. The second-order valence-electron chi connectivity index (χ2n) is 6.04. The number of benzene rings is 1. The molecule has 1 heterocycles. The van der Waals surface area contributed by atoms with Gasteiger partial charge in [0.2, 0.25) is 5.91 Å². The summed E-state index contributed by atoms with van der Waals surface area (Å²) in [7, 11) is -2.76. The van der Waals surface area contributed by atoms with Gasteiger partial charge in [-0.3, -0.25) is 8.98 Å². The van der Waals surface area contributed by atoms with E-state index in [-0.39, 0.29) is 4.90 Å². The topological polar surface area (TPSA) is 131 Å². The summed E-state index contributed by atoms with van der Waals surface area (Å²) >= 11 is 0. The number of ether oxygens (including phenoxy) is 2. The Morgan fingerprint density at radius 3 is 2.38 bits per heavy atom. The zero-order valence-electron chi connectivity index (χ0n) is 14.7. The van der Waals surface area contributed by atoms with Crippen LogP contribution in [0.1, 0.15) is 12.5 Å². The van der Waals surface area contributed by atoms with Crippen LogP contribution in [0.15, 0.2) is 29.2 Å². The molecule has 3 N–H and O–H groups in total. The van der Waals surface area contributed by atoms with E-state index in [1.165, 1.54) is 26.2 Å². The molecule has 1 aromatic rings. The summed E-state index contributed by atoms with van der Waals surface area (Å²) in [5.41, 5.74) is 0.894. The average Bonchev–Trinajstić information content (AvgIpc) is 2.58. The third-order valence-electron chi connectivity index (χ3n) is 4.00. The van der Waals surface area contributed by atoms with Gasteiger partial charge in [0, 0.05) is 14.0 Å². The Labute approximate surface area is 152 Å². The molecule has 1 amide bonds. The Balaban J connectivity index is 2.07. The van der Waals surface area contributed by atoms with E-state index in [0.717, 1.165) is 5.56 Å². The number of aryl methyl sites for hydroxylation is 1. The summed E-state index contributed by atoms with van der Waals surface area (Å²) in [4.78, 5) is 11.2. The number of aliphatic hydroxyl groups is 2. The summed E-state index contributed by atoms with van der Waals surface area (Å²) in [6.07, 6.45) is -5.15. The highest BCUT2D eigenvalue weighted by Gasteiger charge is 2.45. The van der Waals surface area contributed by atoms with Gasteiger partial charge in [-0.05, 0) is 19.1 Å². The van der Waals surface area contributed by atoms with E-state index < -0.39 is 53.3 Å². The highest BCUT2D eigenvalue weighted by Crippen LogP contribution is 2.23. The number of carbonyl (C=O) groups excluding carboxylic acids is 1. The van der Waals surface area contributed by atoms with Gasteiger partial charge < -0.3 is 25.0 Å². The third-order valence-corrected chi connectivity index (χ3v) is 5.30. The van der Waals surface area contributed by atoms with Crippen molar-refractivity contribution in [3.8, 4) is 0 Å². The van der Waals surface area contributed by atoms with E-state index in [9.17, 15) is 23.4 Å². The second kappa shape index (κ2) is 8.42. The lowest BCUT2D eigenvalue weighted by Gasteiger charge is -2.41. The van der Waals surface area contributed by atoms with E-state index >= 15 is 0 Å². The lowest BCUT2D eigenvalue weighted by molar-refractivity contribution is -0.261. The van der Waals surface area contributed by atoms with Crippen LogP contribution in [0.4, 0.5) is 0 Å². The maximum atomic E-state index is 12.2. The Morgan fingerprint density at radius 1 is 1.23 bits per heavy atom. The maximum absolute atomic E-state index is 12.2. The zero-order chi connectivity index (χ0) is 19.5. The molecule has 1 fully saturated rings. The largest absolute Gasteiger partial charge is 0.388 e. The Bertz CT molecular complexity index is 718. The smallest absolute Gasteiger partial charge is 0.297 e. The molecule has 5 atom stereocenters. The van der Waals surface area contributed by atoms with Gasteiger partial charge in [0.15, 0.2) is 6.29 Å². The van der Waals surface area contributed by atoms with Crippen LogP contribution in [-0.2, 0) is 28.6 Å². The summed E-state index contributed by atoms with van der Waals surface area (Å²) in [6.45, 7) is 2.54. The SMILES string of the molecule is CO[C@@H]1O[C@H](COS(=O)(=O)c2ccc(C)cc2)[C@@H](O)[C@H](O)[C@H]1NC(C)=O. The van der Waals surface area contributed by atoms with Crippen molar-refractivity contribution in [1.82, 2.24) is 5.32 Å². The molecule has 1 aromatic carbocycles. The first kappa shape index (κ1) is 20.7. The Kier molecular flexibility index (Phi) is 6.72. The molecule has 1 saturated heterocycles. The van der Waals surface area contributed by atoms with Crippen molar-refractivity contribution in [2.45, 2.75) is 49.4 Å². The molecule has 10 heteroatoms. The molecule has 0 saturated carbocycles. The quantitative estimate of drug-likeness (QED) is 0.544. The number of rotatable bonds is 6. The monoisotopic (exact) mass is 389 g/mol. The Morgan fingerprint density at radius 2 is 1.85 bits per heavy atom. The summed E-state index contributed by atoms with van der Waals surface area (Å²) < 4.78 is 39.9. The number of aliphatic hydroxyl groups excluding tert-OH is 2. The summed E-state index contributed by atoms with van der Waals surface area (Å²) in [6, 6.07) is 5.07. The van der Waals surface area contributed by atoms with Crippen molar-refractivity contribution in [2.75, 3.05) is 13.7 Å². The number of amides is 1. The molecule has 0 unspecified atom stereocenters. The number of nitrogens with one attached hydrogen (secondary N) is 1. The molecule has 9 nitrogen and oxygen atoms in total. The first-order chi connectivity index (χ1) is 12.2. The molecular formula is C16H23NO8S. The summed E-state index contributed by atoms with van der Waals surface area (Å²) in [5.74, 6) is -0.441. The number of hydrogen-bond donors (Lipinski definition) is 3. The number of hydrogen-bond acceptors (Lipinski definition) is 8. The van der Waals surface area contributed by atoms with Crippen molar-refractivity contribution >= 4 is 16.0 Å². The molecule has 146 valence electrons. The van der Waals surface area contributed by atoms with Gasteiger partial charge in [-0.25, -0.2) is 0 Å². The highest BCUT2D eigenvalue weighted by molar-refractivity contribution is 7.86. The highest BCUT2D eigenvalue weighted by atomic mass is 32.2. The predicted octanol–water partition coefficient (Wildman–Crippen LogP) is -0.702. The van der Waals surface area contributed by atoms with Gasteiger partial charge in [0.1, 0.15) is 24.4 Å². The van der Waals surface area contributed by atoms with E-state index in [4.69, 9.17) is 13.7 Å². The zero-order valence-corrected chi connectivity index (χ0v) is 15.5. The molecule has 1 aliphatic rings. The first-order valence-electron chi connectivity index (χ1n) is 7.93. The molecule has 1 aliphatic heterocycles. The minimum absolute atomic E-state index is 0.0339. The fourth-order valence-electron chi connectivity index (χ4n) is 2.59. The van der Waals surface area contributed by atoms with Gasteiger partial charge in [-0.2, -0.15) is 8.42 Å². The van der Waals surface area contributed by atoms with Gasteiger partial charge in [0.05, 0.1) is 11.5 Å². The molecular weight excluding hydrogens is 366 g/mol. The van der Waals surface area contributed by atoms with E-state index in [0.29, 0.717) is 0 Å². The van der Waals surface area contributed by atoms with Crippen molar-refractivity contribution in [1.29, 1.82) is 0 Å². The van der Waals surface area contributed by atoms with Crippen LogP contribution in [0.5, 0.6) is 0 Å². The van der Waals surface area contributed by atoms with Crippen LogP contribution in [-0.4, -0.2) is 68.9 Å². The molecule has 0 radical (unpaired) electrons. The minimum Gasteiger partial charge on any atom is -0.388 e. The second-order valence-corrected chi connectivity index (χ2v) is 7.65. The predicted molar refractivity (Wildman–Crippen MR) is 89.6 cm³/mol. The van der Waals surface area contributed by atoms with Crippen LogP contribution < -0.4 is 5.32 Å². The van der Waals surface area contributed by atoms with Crippen LogP contribution in [0.2, 0.25) is 0 Å². The lowest BCUT2D eigenvalue weighted by Crippen LogP contribution is -2.64. The van der Waals surface area contributed by atoms with Gasteiger partial charge in [0.25, 0.3) is 10.1 Å². The fraction of sp³-hybridized carbons (Fsp3) is 0.562. The lowest BCUT2D eigenvalue weighted by atomic mass is 9.97. The first-order valence-corrected chi connectivity index (χ1v) is 9.34. The van der Waals surface area contributed by atoms with Crippen molar-refractivity contribution in [2.24, 2.45) is 0 Å². The van der Waals surface area contributed by atoms with Crippen LogP contribution >= 0.6 is 0 Å². The van der Waals surface area contributed by atoms with Gasteiger partial charge in [-0.15, -0.1) is 0 Å². The summed E-state index contributed by atoms with van der Waals surface area (Å²) in [5, 5.41) is 22.8. The molecule has 2 rings (SSSR count). The van der Waals surface area contributed by atoms with Crippen molar-refractivity contribution < 1.29 is 37.1 Å². The van der Waals surface area contributed by atoms with E-state index in [2.05, 4.69) is 5.32 Å². The van der Waals surface area contributed by atoms with Crippen LogP contribution in [0, 0.1) is 6.92 Å². The fourth-order valence-corrected chi connectivity index (χ4v) is 3.51. The van der Waals surface area contributed by atoms with Crippen molar-refractivity contribution in [3.63, 3.8) is 0 Å². The van der Waals surface area contributed by atoms with Gasteiger partial charge >= 0.3 is 0 Å². The minimum atomic E-state index is -4.06. The molecule has 0 spiro atoms. The molecule has 0 aromatic heterocycles. The van der Waals surface area contributed by atoms with Crippen LogP contribution in [0.3, 0.4) is 0 Å². The Hall–Kier alpha value is -1.56. The van der Waals surface area contributed by atoms with Gasteiger partial charge in [-0.1, -0.05) is 17.7 Å². The molecule has 0 aliphatic carbocycles. The molecule has 26 heavy (non-hydrogen) atoms. The standard InChI is InChI=1S/C16H23NO8S/c1-9-4-6-11(7-5-9)26(21,22)24-8-12-14(19)15(20)13(17-10(2)18)16(23-3)25-12/h4-7,12-16,19-20H,8H2,1-3H3,(H,17,18)/t12-,13-,14-,15-,16-/m1/s1.